The zero-order valence-electron chi connectivity index (χ0n) is 16.2. The second kappa shape index (κ2) is 7.06. The van der Waals surface area contributed by atoms with E-state index in [1.165, 1.54) is 12.1 Å². The Morgan fingerprint density at radius 3 is 2.41 bits per heavy atom. The summed E-state index contributed by atoms with van der Waals surface area (Å²) in [6, 6.07) is 13.6. The fourth-order valence-corrected chi connectivity index (χ4v) is 4.49. The van der Waals surface area contributed by atoms with E-state index < -0.39 is 29.4 Å². The van der Waals surface area contributed by atoms with Gasteiger partial charge >= 0.3 is 6.18 Å². The van der Waals surface area contributed by atoms with Gasteiger partial charge in [0.05, 0.1) is 30.2 Å². The number of rotatable bonds is 4. The van der Waals surface area contributed by atoms with Crippen LogP contribution in [0.15, 0.2) is 54.6 Å². The summed E-state index contributed by atoms with van der Waals surface area (Å²) in [5.41, 5.74) is -0.715. The van der Waals surface area contributed by atoms with E-state index in [1.54, 1.807) is 35.2 Å². The molecular weight excluding hydrogens is 381 g/mol. The Morgan fingerprint density at radius 2 is 1.76 bits per heavy atom. The molecule has 154 valence electrons. The molecular formula is C22H23F3N2O2. The first-order chi connectivity index (χ1) is 13.7. The Bertz CT molecular complexity index is 898. The minimum atomic E-state index is -4.51. The molecule has 0 bridgehead atoms. The van der Waals surface area contributed by atoms with Crippen molar-refractivity contribution in [3.05, 3.63) is 65.7 Å². The number of amides is 1. The topological polar surface area (TPSA) is 41.6 Å². The van der Waals surface area contributed by atoms with Crippen LogP contribution in [-0.4, -0.2) is 29.2 Å². The maximum Gasteiger partial charge on any atom is 0.416 e. The third kappa shape index (κ3) is 3.59. The largest absolute Gasteiger partial charge is 0.416 e. The van der Waals surface area contributed by atoms with Gasteiger partial charge in [0.1, 0.15) is 5.72 Å². The summed E-state index contributed by atoms with van der Waals surface area (Å²) < 4.78 is 46.9. The first kappa shape index (κ1) is 19.8. The van der Waals surface area contributed by atoms with Crippen LogP contribution in [0.2, 0.25) is 0 Å². The molecule has 29 heavy (non-hydrogen) atoms. The summed E-state index contributed by atoms with van der Waals surface area (Å²) in [5.74, 6) is -0.796. The van der Waals surface area contributed by atoms with Crippen LogP contribution in [0.1, 0.15) is 37.4 Å². The lowest BCUT2D eigenvalue weighted by molar-refractivity contribution is -0.146. The monoisotopic (exact) mass is 404 g/mol. The molecule has 2 aromatic rings. The summed E-state index contributed by atoms with van der Waals surface area (Å²) in [4.78, 5) is 15.0. The second-order valence-electron chi connectivity index (χ2n) is 8.04. The summed E-state index contributed by atoms with van der Waals surface area (Å²) in [7, 11) is 0. The maximum atomic E-state index is 13.7. The predicted molar refractivity (Wildman–Crippen MR) is 103 cm³/mol. The van der Waals surface area contributed by atoms with Crippen molar-refractivity contribution in [2.75, 3.05) is 11.9 Å². The minimum Gasteiger partial charge on any atom is -0.377 e. The van der Waals surface area contributed by atoms with Crippen LogP contribution in [0.4, 0.5) is 18.9 Å². The normalized spacial score (nSPS) is 24.4. The van der Waals surface area contributed by atoms with Crippen LogP contribution in [0.3, 0.4) is 0 Å². The molecule has 2 aromatic carbocycles. The van der Waals surface area contributed by atoms with Crippen LogP contribution in [0.25, 0.3) is 0 Å². The lowest BCUT2D eigenvalue weighted by atomic mass is 9.87. The molecule has 2 heterocycles. The molecule has 3 atom stereocenters. The number of anilines is 1. The number of carbonyl (C=O) groups is 1. The number of nitrogens with one attached hydrogen (secondary N) is 1. The number of alkyl halides is 3. The molecule has 2 fully saturated rings. The number of nitrogens with zero attached hydrogens (tertiary/aromatic N) is 1. The molecule has 0 aromatic heterocycles. The molecule has 0 saturated carbocycles. The number of carbonyl (C=O) groups excluding carboxylic acids is 1. The van der Waals surface area contributed by atoms with Crippen molar-refractivity contribution < 1.29 is 22.7 Å². The van der Waals surface area contributed by atoms with Gasteiger partial charge in [0, 0.05) is 5.69 Å². The van der Waals surface area contributed by atoms with Gasteiger partial charge in [-0.15, -0.1) is 0 Å². The molecule has 1 unspecified atom stereocenters. The first-order valence-electron chi connectivity index (χ1n) is 9.63. The summed E-state index contributed by atoms with van der Waals surface area (Å²) in [6.45, 7) is 4.03. The van der Waals surface area contributed by atoms with E-state index in [9.17, 15) is 18.0 Å². The van der Waals surface area contributed by atoms with Crippen molar-refractivity contribution in [1.82, 2.24) is 4.90 Å². The van der Waals surface area contributed by atoms with E-state index in [0.717, 1.165) is 6.07 Å². The molecule has 2 aliphatic rings. The summed E-state index contributed by atoms with van der Waals surface area (Å²) in [6.07, 6.45) is -4.06. The number of para-hydroxylation sites is 1. The number of ether oxygens (including phenoxy) is 1. The van der Waals surface area contributed by atoms with Crippen LogP contribution < -0.4 is 5.32 Å². The van der Waals surface area contributed by atoms with Gasteiger partial charge in [-0.1, -0.05) is 36.4 Å². The molecule has 2 aliphatic heterocycles. The second-order valence-corrected chi connectivity index (χ2v) is 8.04. The average Bonchev–Trinajstić information content (AvgIpc) is 3.17. The highest BCUT2D eigenvalue weighted by Gasteiger charge is 2.54. The molecule has 0 aliphatic carbocycles. The molecule has 2 saturated heterocycles. The van der Waals surface area contributed by atoms with Gasteiger partial charge in [-0.25, -0.2) is 0 Å². The van der Waals surface area contributed by atoms with Crippen LogP contribution in [-0.2, 0) is 15.7 Å². The standard InChI is InChI=1S/C22H23F3N2O2/c1-21(2)27-15(13-29-21)12-17(20(27)28)19(26-14-8-4-3-5-9-14)16-10-6-7-11-18(16)22(23,24)25/h3-11,15,17,19,26H,12-13H2,1-2H3/t15?,17-,19-/m0/s1. The van der Waals surface area contributed by atoms with Crippen molar-refractivity contribution in [3.8, 4) is 0 Å². The highest BCUT2D eigenvalue weighted by atomic mass is 19.4. The van der Waals surface area contributed by atoms with E-state index in [-0.39, 0.29) is 17.5 Å². The van der Waals surface area contributed by atoms with Gasteiger partial charge in [0.25, 0.3) is 0 Å². The Hall–Kier alpha value is -2.54. The summed E-state index contributed by atoms with van der Waals surface area (Å²) in [5, 5.41) is 3.21. The SMILES string of the molecule is CC1(C)OCC2C[C@@H]([C@@H](Nc3ccccc3)c3ccccc3C(F)(F)F)C(=O)N21. The molecule has 7 heteroatoms. The average molecular weight is 404 g/mol. The molecule has 4 nitrogen and oxygen atoms in total. The number of benzene rings is 2. The van der Waals surface area contributed by atoms with Crippen molar-refractivity contribution >= 4 is 11.6 Å². The van der Waals surface area contributed by atoms with Crippen LogP contribution >= 0.6 is 0 Å². The van der Waals surface area contributed by atoms with Crippen LogP contribution in [0, 0.1) is 5.92 Å². The quantitative estimate of drug-likeness (QED) is 0.793. The van der Waals surface area contributed by atoms with Gasteiger partial charge in [-0.2, -0.15) is 13.2 Å². The highest BCUT2D eigenvalue weighted by molar-refractivity contribution is 5.84. The zero-order chi connectivity index (χ0) is 20.8. The van der Waals surface area contributed by atoms with Crippen molar-refractivity contribution in [3.63, 3.8) is 0 Å². The lowest BCUT2D eigenvalue weighted by Crippen LogP contribution is -2.45. The number of fused-ring (bicyclic) bond motifs is 1. The van der Waals surface area contributed by atoms with Gasteiger partial charge in [-0.3, -0.25) is 4.79 Å². The Kier molecular flexibility index (Phi) is 4.81. The maximum absolute atomic E-state index is 13.7. The third-order valence-corrected chi connectivity index (χ3v) is 5.75. The van der Waals surface area contributed by atoms with Gasteiger partial charge in [0.15, 0.2) is 0 Å². The van der Waals surface area contributed by atoms with Gasteiger partial charge < -0.3 is 15.0 Å². The third-order valence-electron chi connectivity index (χ3n) is 5.75. The first-order valence-corrected chi connectivity index (χ1v) is 9.63. The molecule has 0 radical (unpaired) electrons. The predicted octanol–water partition coefficient (Wildman–Crippen LogP) is 4.84. The number of hydrogen-bond acceptors (Lipinski definition) is 3. The Balaban J connectivity index is 1.76. The van der Waals surface area contributed by atoms with Gasteiger partial charge in [-0.05, 0) is 44.0 Å². The van der Waals surface area contributed by atoms with Crippen molar-refractivity contribution in [2.45, 2.75) is 44.3 Å². The molecule has 1 amide bonds. The minimum absolute atomic E-state index is 0.0853. The van der Waals surface area contributed by atoms with Crippen molar-refractivity contribution in [1.29, 1.82) is 0 Å². The Morgan fingerprint density at radius 1 is 1.10 bits per heavy atom. The van der Waals surface area contributed by atoms with E-state index in [0.29, 0.717) is 18.7 Å². The van der Waals surface area contributed by atoms with E-state index >= 15 is 0 Å². The van der Waals surface area contributed by atoms with Crippen molar-refractivity contribution in [2.24, 2.45) is 5.92 Å². The fraction of sp³-hybridized carbons (Fsp3) is 0.409. The van der Waals surface area contributed by atoms with Gasteiger partial charge in [0.2, 0.25) is 5.91 Å². The molecule has 1 N–H and O–H groups in total. The smallest absolute Gasteiger partial charge is 0.377 e. The fourth-order valence-electron chi connectivity index (χ4n) is 4.49. The molecule has 4 rings (SSSR count). The molecule has 0 spiro atoms. The van der Waals surface area contributed by atoms with E-state index in [4.69, 9.17) is 4.74 Å². The summed E-state index contributed by atoms with van der Waals surface area (Å²) >= 11 is 0. The number of halogens is 3. The van der Waals surface area contributed by atoms with E-state index in [2.05, 4.69) is 5.32 Å². The van der Waals surface area contributed by atoms with Crippen LogP contribution in [0.5, 0.6) is 0 Å². The number of hydrogen-bond donors (Lipinski definition) is 1. The zero-order valence-corrected chi connectivity index (χ0v) is 16.2. The van der Waals surface area contributed by atoms with E-state index in [1.807, 2.05) is 19.9 Å². The lowest BCUT2D eigenvalue weighted by Gasteiger charge is -2.32. The highest BCUT2D eigenvalue weighted by Crippen LogP contribution is 2.45. The Labute approximate surface area is 167 Å².